The smallest absolute Gasteiger partial charge is 0.292 e. The molecular formula is C19H23ClN4O3. The van der Waals surface area contributed by atoms with Gasteiger partial charge in [-0.2, -0.15) is 0 Å². The van der Waals surface area contributed by atoms with Gasteiger partial charge < -0.3 is 16.0 Å². The third kappa shape index (κ3) is 4.68. The molecule has 1 aliphatic carbocycles. The first-order valence-corrected chi connectivity index (χ1v) is 8.58. The number of nitro benzene ring substituents is 1. The maximum absolute atomic E-state index is 12.5. The molecule has 7 nitrogen and oxygen atoms in total. The van der Waals surface area contributed by atoms with E-state index >= 15 is 0 Å². The number of nitrogens with two attached hydrogens (primary N) is 1. The number of nitro groups is 1. The van der Waals surface area contributed by atoms with Gasteiger partial charge in [-0.1, -0.05) is 18.2 Å². The molecule has 3 rings (SSSR count). The van der Waals surface area contributed by atoms with Crippen LogP contribution in [0.5, 0.6) is 0 Å². The molecule has 1 aliphatic rings. The van der Waals surface area contributed by atoms with Crippen molar-refractivity contribution in [1.82, 2.24) is 5.32 Å². The molecule has 0 heterocycles. The Morgan fingerprint density at radius 3 is 2.81 bits per heavy atom. The summed E-state index contributed by atoms with van der Waals surface area (Å²) in [5, 5.41) is 14.2. The molecule has 0 radical (unpaired) electrons. The number of fused-ring (bicyclic) bond motifs is 1. The fraction of sp³-hybridized carbons (Fsp3) is 0.316. The van der Waals surface area contributed by atoms with Gasteiger partial charge in [0.25, 0.3) is 5.69 Å². The number of likely N-dealkylation sites (N-methyl/N-ethyl adjacent to an activating group) is 1. The van der Waals surface area contributed by atoms with Crippen LogP contribution in [0.3, 0.4) is 0 Å². The first kappa shape index (κ1) is 20.5. The standard InChI is InChI=1S/C19H22N4O3.ClH/c1-22(17-7-2-3-8-18(17)23(25)26)12-19(24)21-16-6-4-5-13-11-14(20)9-10-15(13)16;/h2-3,7-11,16H,4-6,12,20H2,1H3,(H,21,24);1H. The topological polar surface area (TPSA) is 102 Å². The average molecular weight is 391 g/mol. The Morgan fingerprint density at radius 2 is 2.07 bits per heavy atom. The average Bonchev–Trinajstić information content (AvgIpc) is 2.61. The summed E-state index contributed by atoms with van der Waals surface area (Å²) in [7, 11) is 1.68. The summed E-state index contributed by atoms with van der Waals surface area (Å²) >= 11 is 0. The quantitative estimate of drug-likeness (QED) is 0.463. The summed E-state index contributed by atoms with van der Waals surface area (Å²) in [4.78, 5) is 24.8. The number of para-hydroxylation sites is 2. The maximum Gasteiger partial charge on any atom is 0.292 e. The van der Waals surface area contributed by atoms with Gasteiger partial charge in [0.15, 0.2) is 0 Å². The van der Waals surface area contributed by atoms with Crippen molar-refractivity contribution in [3.8, 4) is 0 Å². The summed E-state index contributed by atoms with van der Waals surface area (Å²) in [5.74, 6) is -0.166. The minimum absolute atomic E-state index is 0. The second-order valence-corrected chi connectivity index (χ2v) is 6.57. The number of anilines is 2. The molecule has 0 bridgehead atoms. The van der Waals surface area contributed by atoms with Crippen LogP contribution in [-0.4, -0.2) is 24.4 Å². The molecule has 0 fully saturated rings. The lowest BCUT2D eigenvalue weighted by atomic mass is 9.87. The van der Waals surface area contributed by atoms with Gasteiger partial charge >= 0.3 is 0 Å². The molecule has 27 heavy (non-hydrogen) atoms. The Hall–Kier alpha value is -2.80. The van der Waals surface area contributed by atoms with E-state index in [2.05, 4.69) is 5.32 Å². The number of amides is 1. The van der Waals surface area contributed by atoms with E-state index in [9.17, 15) is 14.9 Å². The number of rotatable bonds is 5. The molecular weight excluding hydrogens is 368 g/mol. The van der Waals surface area contributed by atoms with E-state index in [-0.39, 0.29) is 36.6 Å². The molecule has 2 aromatic carbocycles. The zero-order chi connectivity index (χ0) is 18.7. The van der Waals surface area contributed by atoms with Crippen molar-refractivity contribution in [1.29, 1.82) is 0 Å². The van der Waals surface area contributed by atoms with E-state index in [1.807, 2.05) is 18.2 Å². The number of aryl methyl sites for hydroxylation is 1. The van der Waals surface area contributed by atoms with Gasteiger partial charge in [-0.15, -0.1) is 12.4 Å². The number of benzene rings is 2. The first-order chi connectivity index (χ1) is 12.5. The van der Waals surface area contributed by atoms with E-state index in [1.54, 1.807) is 30.1 Å². The van der Waals surface area contributed by atoms with E-state index < -0.39 is 4.92 Å². The van der Waals surface area contributed by atoms with Crippen LogP contribution in [0.15, 0.2) is 42.5 Å². The van der Waals surface area contributed by atoms with Crippen LogP contribution in [0.25, 0.3) is 0 Å². The summed E-state index contributed by atoms with van der Waals surface area (Å²) in [6, 6.07) is 12.1. The van der Waals surface area contributed by atoms with Crippen molar-refractivity contribution in [2.75, 3.05) is 24.2 Å². The van der Waals surface area contributed by atoms with Gasteiger partial charge in [0.05, 0.1) is 17.5 Å². The predicted octanol–water partition coefficient (Wildman–Crippen LogP) is 3.23. The fourth-order valence-corrected chi connectivity index (χ4v) is 3.47. The second-order valence-electron chi connectivity index (χ2n) is 6.57. The highest BCUT2D eigenvalue weighted by molar-refractivity contribution is 5.85. The number of nitrogens with one attached hydrogen (secondary N) is 1. The van der Waals surface area contributed by atoms with Crippen LogP contribution in [0.2, 0.25) is 0 Å². The van der Waals surface area contributed by atoms with Gasteiger partial charge in [0, 0.05) is 18.8 Å². The van der Waals surface area contributed by atoms with Crippen LogP contribution < -0.4 is 16.0 Å². The number of carbonyl (C=O) groups excluding carboxylic acids is 1. The summed E-state index contributed by atoms with van der Waals surface area (Å²) < 4.78 is 0. The zero-order valence-electron chi connectivity index (χ0n) is 15.1. The lowest BCUT2D eigenvalue weighted by Crippen LogP contribution is -2.38. The molecule has 0 spiro atoms. The summed E-state index contributed by atoms with van der Waals surface area (Å²) in [6.45, 7) is 0.0473. The largest absolute Gasteiger partial charge is 0.399 e. The lowest BCUT2D eigenvalue weighted by Gasteiger charge is -2.28. The van der Waals surface area contributed by atoms with Gasteiger partial charge in [0.2, 0.25) is 5.91 Å². The van der Waals surface area contributed by atoms with Gasteiger partial charge in [-0.05, 0) is 48.6 Å². The van der Waals surface area contributed by atoms with E-state index in [4.69, 9.17) is 5.73 Å². The molecule has 144 valence electrons. The van der Waals surface area contributed by atoms with E-state index in [0.717, 1.165) is 30.5 Å². The van der Waals surface area contributed by atoms with Gasteiger partial charge in [-0.25, -0.2) is 0 Å². The van der Waals surface area contributed by atoms with Crippen LogP contribution in [0, 0.1) is 10.1 Å². The Balaban J connectivity index is 0.00000261. The minimum Gasteiger partial charge on any atom is -0.399 e. The molecule has 1 amide bonds. The SMILES string of the molecule is CN(CC(=O)NC1CCCc2cc(N)ccc21)c1ccccc1[N+](=O)[O-].Cl. The summed E-state index contributed by atoms with van der Waals surface area (Å²) in [5.41, 5.74) is 9.26. The van der Waals surface area contributed by atoms with Gasteiger partial charge in [0.1, 0.15) is 5.69 Å². The molecule has 0 aliphatic heterocycles. The third-order valence-corrected chi connectivity index (χ3v) is 4.69. The molecule has 1 atom stereocenters. The Morgan fingerprint density at radius 1 is 1.33 bits per heavy atom. The van der Waals surface area contributed by atoms with Crippen molar-refractivity contribution in [3.63, 3.8) is 0 Å². The number of hydrogen-bond acceptors (Lipinski definition) is 5. The number of halogens is 1. The molecule has 8 heteroatoms. The number of nitrogens with zero attached hydrogens (tertiary/aromatic N) is 2. The minimum atomic E-state index is -0.439. The predicted molar refractivity (Wildman–Crippen MR) is 108 cm³/mol. The molecule has 0 saturated carbocycles. The molecule has 0 aromatic heterocycles. The lowest BCUT2D eigenvalue weighted by molar-refractivity contribution is -0.384. The molecule has 1 unspecified atom stereocenters. The Bertz CT molecular complexity index is 843. The molecule has 3 N–H and O–H groups in total. The maximum atomic E-state index is 12.5. The fourth-order valence-electron chi connectivity index (χ4n) is 3.47. The Kier molecular flexibility index (Phi) is 6.63. The van der Waals surface area contributed by atoms with E-state index in [0.29, 0.717) is 5.69 Å². The van der Waals surface area contributed by atoms with Gasteiger partial charge in [-0.3, -0.25) is 14.9 Å². The van der Waals surface area contributed by atoms with Crippen molar-refractivity contribution in [2.45, 2.75) is 25.3 Å². The van der Waals surface area contributed by atoms with Crippen molar-refractivity contribution >= 4 is 35.4 Å². The van der Waals surface area contributed by atoms with Crippen molar-refractivity contribution in [3.05, 3.63) is 63.7 Å². The highest BCUT2D eigenvalue weighted by atomic mass is 35.5. The van der Waals surface area contributed by atoms with Crippen LogP contribution in [-0.2, 0) is 11.2 Å². The number of nitrogen functional groups attached to an aromatic ring is 1. The van der Waals surface area contributed by atoms with Crippen LogP contribution >= 0.6 is 12.4 Å². The van der Waals surface area contributed by atoms with Crippen molar-refractivity contribution < 1.29 is 9.72 Å². The second kappa shape index (κ2) is 8.73. The first-order valence-electron chi connectivity index (χ1n) is 8.58. The van der Waals surface area contributed by atoms with E-state index in [1.165, 1.54) is 11.6 Å². The number of carbonyl (C=O) groups is 1. The number of hydrogen-bond donors (Lipinski definition) is 2. The monoisotopic (exact) mass is 390 g/mol. The summed E-state index contributed by atoms with van der Waals surface area (Å²) in [6.07, 6.45) is 2.82. The third-order valence-electron chi connectivity index (χ3n) is 4.69. The molecule has 0 saturated heterocycles. The zero-order valence-corrected chi connectivity index (χ0v) is 15.9. The molecule has 2 aromatic rings. The Labute approximate surface area is 164 Å². The van der Waals surface area contributed by atoms with Crippen LogP contribution in [0.4, 0.5) is 17.1 Å². The normalized spacial score (nSPS) is 15.2. The highest BCUT2D eigenvalue weighted by Gasteiger charge is 2.23. The highest BCUT2D eigenvalue weighted by Crippen LogP contribution is 2.31. The van der Waals surface area contributed by atoms with Crippen LogP contribution in [0.1, 0.15) is 30.0 Å². The van der Waals surface area contributed by atoms with Crippen molar-refractivity contribution in [2.24, 2.45) is 0 Å².